The number of hydrogen-bond acceptors (Lipinski definition) is 5. The Morgan fingerprint density at radius 3 is 2.88 bits per heavy atom. The molecule has 1 amide bonds. The molecule has 2 aromatic heterocycles. The Labute approximate surface area is 153 Å². The van der Waals surface area contributed by atoms with Crippen molar-refractivity contribution in [3.63, 3.8) is 0 Å². The van der Waals surface area contributed by atoms with Crippen LogP contribution in [-0.4, -0.2) is 40.5 Å². The van der Waals surface area contributed by atoms with E-state index in [1.165, 1.54) is 6.20 Å². The van der Waals surface area contributed by atoms with Gasteiger partial charge in [-0.05, 0) is 30.9 Å². The average Bonchev–Trinajstić information content (AvgIpc) is 2.61. The fourth-order valence-corrected chi connectivity index (χ4v) is 4.12. The van der Waals surface area contributed by atoms with Gasteiger partial charge in [0.15, 0.2) is 11.0 Å². The van der Waals surface area contributed by atoms with Gasteiger partial charge in [-0.2, -0.15) is 4.98 Å². The Morgan fingerprint density at radius 2 is 2.12 bits per heavy atom. The quantitative estimate of drug-likeness (QED) is 0.605. The number of aromatic nitrogens is 3. The molecule has 2 fully saturated rings. The molecule has 2 aromatic rings. The number of pyridine rings is 1. The second-order valence-electron chi connectivity index (χ2n) is 6.74. The van der Waals surface area contributed by atoms with Crippen molar-refractivity contribution in [1.29, 1.82) is 0 Å². The van der Waals surface area contributed by atoms with Crippen molar-refractivity contribution in [2.45, 2.75) is 25.7 Å². The van der Waals surface area contributed by atoms with E-state index in [0.717, 1.165) is 32.4 Å². The minimum absolute atomic E-state index is 0.00824. The van der Waals surface area contributed by atoms with Gasteiger partial charge in [0.05, 0.1) is 5.39 Å². The van der Waals surface area contributed by atoms with Crippen LogP contribution in [0.15, 0.2) is 6.20 Å². The maximum Gasteiger partial charge on any atom is 0.225 e. The van der Waals surface area contributed by atoms with E-state index >= 15 is 0 Å². The second-order valence-corrected chi connectivity index (χ2v) is 7.44. The van der Waals surface area contributed by atoms with E-state index in [1.54, 1.807) is 0 Å². The van der Waals surface area contributed by atoms with Crippen molar-refractivity contribution < 1.29 is 9.18 Å². The van der Waals surface area contributed by atoms with Gasteiger partial charge >= 0.3 is 0 Å². The number of rotatable bonds is 1. The van der Waals surface area contributed by atoms with Crippen molar-refractivity contribution in [2.24, 2.45) is 5.41 Å². The summed E-state index contributed by atoms with van der Waals surface area (Å²) >= 11 is 11.8. The summed E-state index contributed by atoms with van der Waals surface area (Å²) in [5, 5.41) is 3.19. The Balaban J connectivity index is 1.74. The van der Waals surface area contributed by atoms with Crippen LogP contribution in [0.1, 0.15) is 25.7 Å². The maximum atomic E-state index is 14.3. The molecule has 4 rings (SSSR count). The molecule has 0 bridgehead atoms. The van der Waals surface area contributed by atoms with E-state index in [-0.39, 0.29) is 27.3 Å². The van der Waals surface area contributed by atoms with Crippen LogP contribution >= 0.6 is 23.2 Å². The minimum Gasteiger partial charge on any atom is -0.355 e. The number of halogens is 3. The van der Waals surface area contributed by atoms with Crippen LogP contribution in [0.2, 0.25) is 10.4 Å². The number of carbonyl (C=O) groups excluding carboxylic acids is 1. The highest BCUT2D eigenvalue weighted by Gasteiger charge is 2.39. The lowest BCUT2D eigenvalue weighted by molar-refractivity contribution is -0.124. The van der Waals surface area contributed by atoms with Crippen LogP contribution in [0.5, 0.6) is 0 Å². The number of nitrogens with one attached hydrogen (secondary N) is 1. The molecule has 0 radical (unpaired) electrons. The summed E-state index contributed by atoms with van der Waals surface area (Å²) in [7, 11) is 0. The van der Waals surface area contributed by atoms with E-state index in [0.29, 0.717) is 24.2 Å². The minimum atomic E-state index is -0.693. The lowest BCUT2D eigenvalue weighted by atomic mass is 9.74. The Hall–Kier alpha value is -1.73. The zero-order valence-electron chi connectivity index (χ0n) is 13.4. The summed E-state index contributed by atoms with van der Waals surface area (Å²) in [5.74, 6) is -0.0328. The van der Waals surface area contributed by atoms with Gasteiger partial charge in [-0.3, -0.25) is 4.79 Å². The van der Waals surface area contributed by atoms with E-state index in [2.05, 4.69) is 25.2 Å². The highest BCUT2D eigenvalue weighted by Crippen LogP contribution is 2.39. The average molecular weight is 384 g/mol. The standard InChI is InChI=1S/C16H16Cl2FN5O/c17-13-11(19)12-9(6-20-13)14(23-15(18)22-12)24-5-1-3-16(8-24)4-2-10(25)21-7-16/h6H,1-5,7-8H2,(H,21,25). The van der Waals surface area contributed by atoms with Crippen molar-refractivity contribution >= 4 is 45.8 Å². The van der Waals surface area contributed by atoms with Crippen LogP contribution in [0.25, 0.3) is 10.9 Å². The molecule has 4 heterocycles. The van der Waals surface area contributed by atoms with Crippen LogP contribution in [0, 0.1) is 11.2 Å². The third-order valence-electron chi connectivity index (χ3n) is 5.10. The fraction of sp³-hybridized carbons (Fsp3) is 0.500. The number of piperidine rings is 2. The van der Waals surface area contributed by atoms with E-state index in [1.807, 2.05) is 0 Å². The molecule has 6 nitrogen and oxygen atoms in total. The summed E-state index contributed by atoms with van der Waals surface area (Å²) < 4.78 is 14.3. The first kappa shape index (κ1) is 16.7. The zero-order chi connectivity index (χ0) is 17.6. The number of amides is 1. The highest BCUT2D eigenvalue weighted by molar-refractivity contribution is 6.30. The van der Waals surface area contributed by atoms with Gasteiger partial charge < -0.3 is 10.2 Å². The first-order chi connectivity index (χ1) is 12.0. The smallest absolute Gasteiger partial charge is 0.225 e. The second kappa shape index (κ2) is 6.21. The van der Waals surface area contributed by atoms with Crippen molar-refractivity contribution in [2.75, 3.05) is 24.5 Å². The molecule has 2 aliphatic heterocycles. The van der Waals surface area contributed by atoms with Crippen molar-refractivity contribution in [3.05, 3.63) is 22.5 Å². The number of anilines is 1. The molecule has 9 heteroatoms. The van der Waals surface area contributed by atoms with Gasteiger partial charge in [-0.25, -0.2) is 14.4 Å². The van der Waals surface area contributed by atoms with Crippen LogP contribution in [0.3, 0.4) is 0 Å². The Morgan fingerprint density at radius 1 is 1.28 bits per heavy atom. The van der Waals surface area contributed by atoms with E-state index in [4.69, 9.17) is 23.2 Å². The van der Waals surface area contributed by atoms with Crippen molar-refractivity contribution in [1.82, 2.24) is 20.3 Å². The lowest BCUT2D eigenvalue weighted by Gasteiger charge is -2.45. The highest BCUT2D eigenvalue weighted by atomic mass is 35.5. The molecular formula is C16H16Cl2FN5O. The summed E-state index contributed by atoms with van der Waals surface area (Å²) in [4.78, 5) is 25.8. The Kier molecular flexibility index (Phi) is 4.16. The number of hydrogen-bond donors (Lipinski definition) is 1. The SMILES string of the molecule is O=C1CCC2(CCCN(c3nc(Cl)nc4c(F)c(Cl)ncc34)C2)CN1. The first-order valence-corrected chi connectivity index (χ1v) is 8.92. The summed E-state index contributed by atoms with van der Waals surface area (Å²) in [6.07, 6.45) is 4.85. The van der Waals surface area contributed by atoms with Gasteiger partial charge in [-0.15, -0.1) is 0 Å². The van der Waals surface area contributed by atoms with Gasteiger partial charge in [0, 0.05) is 37.7 Å². The van der Waals surface area contributed by atoms with Gasteiger partial charge in [-0.1, -0.05) is 11.6 Å². The number of nitrogens with zero attached hydrogens (tertiary/aromatic N) is 4. The normalized spacial score (nSPS) is 24.0. The lowest BCUT2D eigenvalue weighted by Crippen LogP contribution is -2.52. The summed E-state index contributed by atoms with van der Waals surface area (Å²) in [6, 6.07) is 0. The fourth-order valence-electron chi connectivity index (χ4n) is 3.81. The molecule has 25 heavy (non-hydrogen) atoms. The third kappa shape index (κ3) is 3.00. The molecular weight excluding hydrogens is 368 g/mol. The van der Waals surface area contributed by atoms with Crippen molar-refractivity contribution in [3.8, 4) is 0 Å². The molecule has 1 N–H and O–H groups in total. The predicted octanol–water partition coefficient (Wildman–Crippen LogP) is 2.97. The van der Waals surface area contributed by atoms with Gasteiger partial charge in [0.2, 0.25) is 11.2 Å². The van der Waals surface area contributed by atoms with E-state index in [9.17, 15) is 9.18 Å². The third-order valence-corrected chi connectivity index (χ3v) is 5.53. The topological polar surface area (TPSA) is 71.0 Å². The molecule has 0 saturated carbocycles. The Bertz CT molecular complexity index is 852. The van der Waals surface area contributed by atoms with Crippen LogP contribution in [0.4, 0.5) is 10.2 Å². The van der Waals surface area contributed by atoms with Crippen LogP contribution < -0.4 is 10.2 Å². The molecule has 0 aromatic carbocycles. The van der Waals surface area contributed by atoms with Gasteiger partial charge in [0.25, 0.3) is 0 Å². The molecule has 2 saturated heterocycles. The monoisotopic (exact) mass is 383 g/mol. The first-order valence-electron chi connectivity index (χ1n) is 8.16. The summed E-state index contributed by atoms with van der Waals surface area (Å²) in [6.45, 7) is 2.15. The predicted molar refractivity (Wildman–Crippen MR) is 93.4 cm³/mol. The largest absolute Gasteiger partial charge is 0.355 e. The molecule has 1 spiro atoms. The maximum absolute atomic E-state index is 14.3. The molecule has 132 valence electrons. The molecule has 0 aliphatic carbocycles. The summed E-state index contributed by atoms with van der Waals surface area (Å²) in [5.41, 5.74) is 0.0838. The molecule has 1 unspecified atom stereocenters. The van der Waals surface area contributed by atoms with E-state index < -0.39 is 5.82 Å². The number of carbonyl (C=O) groups is 1. The molecule has 2 aliphatic rings. The number of fused-ring (bicyclic) bond motifs is 1. The van der Waals surface area contributed by atoms with Gasteiger partial charge in [0.1, 0.15) is 11.3 Å². The van der Waals surface area contributed by atoms with Crippen LogP contribution in [-0.2, 0) is 4.79 Å². The zero-order valence-corrected chi connectivity index (χ0v) is 14.9. The molecule has 1 atom stereocenters.